The molecule has 3 aromatic carbocycles. The van der Waals surface area contributed by atoms with Gasteiger partial charge in [0.15, 0.2) is 0 Å². The maximum Gasteiger partial charge on any atom is 0.262 e. The number of nitrogens with one attached hydrogen (secondary N) is 2. The highest BCUT2D eigenvalue weighted by Crippen LogP contribution is 2.30. The van der Waals surface area contributed by atoms with Gasteiger partial charge in [-0.05, 0) is 86.1 Å². The molecule has 0 heterocycles. The molecule has 0 fully saturated rings. The van der Waals surface area contributed by atoms with E-state index >= 15 is 0 Å². The molecule has 6 heteroatoms. The molecule has 166 valence electrons. The molecule has 0 aromatic heterocycles. The predicted molar refractivity (Wildman–Crippen MR) is 127 cm³/mol. The number of amides is 1. The SMILES string of the molecule is Cc1ccc(C)c(NS(=O)(=O)c2cc(C(=O)NC3CCCc4ccccc43)ccc2C)c1. The highest BCUT2D eigenvalue weighted by molar-refractivity contribution is 7.92. The van der Waals surface area contributed by atoms with E-state index in [0.29, 0.717) is 16.8 Å². The lowest BCUT2D eigenvalue weighted by Crippen LogP contribution is -2.31. The number of hydrogen-bond acceptors (Lipinski definition) is 3. The lowest BCUT2D eigenvalue weighted by Gasteiger charge is -2.26. The largest absolute Gasteiger partial charge is 0.345 e. The zero-order chi connectivity index (χ0) is 22.9. The highest BCUT2D eigenvalue weighted by Gasteiger charge is 2.24. The molecule has 0 aliphatic heterocycles. The summed E-state index contributed by atoms with van der Waals surface area (Å²) in [7, 11) is -3.85. The van der Waals surface area contributed by atoms with Crippen LogP contribution >= 0.6 is 0 Å². The van der Waals surface area contributed by atoms with E-state index in [1.54, 1.807) is 25.1 Å². The van der Waals surface area contributed by atoms with Gasteiger partial charge < -0.3 is 5.32 Å². The Kier molecular flexibility index (Phi) is 6.07. The van der Waals surface area contributed by atoms with Gasteiger partial charge in [-0.3, -0.25) is 9.52 Å². The van der Waals surface area contributed by atoms with Crippen LogP contribution in [0, 0.1) is 20.8 Å². The predicted octanol–water partition coefficient (Wildman–Crippen LogP) is 5.22. The van der Waals surface area contributed by atoms with Crippen LogP contribution in [0.4, 0.5) is 5.69 Å². The van der Waals surface area contributed by atoms with Crippen molar-refractivity contribution in [2.24, 2.45) is 0 Å². The minimum Gasteiger partial charge on any atom is -0.345 e. The molecule has 3 aromatic rings. The quantitative estimate of drug-likeness (QED) is 0.562. The molecule has 0 bridgehead atoms. The van der Waals surface area contributed by atoms with Crippen LogP contribution in [0.3, 0.4) is 0 Å². The van der Waals surface area contributed by atoms with Crippen molar-refractivity contribution in [3.05, 3.63) is 94.0 Å². The summed E-state index contributed by atoms with van der Waals surface area (Å²) in [5.74, 6) is -0.269. The fourth-order valence-corrected chi connectivity index (χ4v) is 5.62. The monoisotopic (exact) mass is 448 g/mol. The molecule has 0 saturated heterocycles. The first-order valence-electron chi connectivity index (χ1n) is 10.8. The minimum atomic E-state index is -3.85. The second-order valence-electron chi connectivity index (χ2n) is 8.52. The van der Waals surface area contributed by atoms with Crippen molar-refractivity contribution in [1.82, 2.24) is 5.32 Å². The zero-order valence-electron chi connectivity index (χ0n) is 18.6. The Morgan fingerprint density at radius 3 is 2.50 bits per heavy atom. The average Bonchev–Trinajstić information content (AvgIpc) is 2.76. The summed E-state index contributed by atoms with van der Waals surface area (Å²) in [4.78, 5) is 13.2. The normalized spacial score (nSPS) is 15.7. The van der Waals surface area contributed by atoms with Crippen molar-refractivity contribution < 1.29 is 13.2 Å². The van der Waals surface area contributed by atoms with Crippen molar-refractivity contribution in [2.75, 3.05) is 4.72 Å². The molecule has 2 N–H and O–H groups in total. The van der Waals surface area contributed by atoms with Crippen LogP contribution in [0.15, 0.2) is 65.6 Å². The average molecular weight is 449 g/mol. The van der Waals surface area contributed by atoms with E-state index in [1.807, 2.05) is 38.1 Å². The van der Waals surface area contributed by atoms with Gasteiger partial charge in [-0.2, -0.15) is 0 Å². The van der Waals surface area contributed by atoms with Crippen molar-refractivity contribution in [3.63, 3.8) is 0 Å². The first-order chi connectivity index (χ1) is 15.2. The standard InChI is InChI=1S/C26H28N2O3S/c1-17-11-12-18(2)24(15-17)28-32(30,31)25-16-21(14-13-19(25)3)26(29)27-23-10-6-8-20-7-4-5-9-22(20)23/h4-5,7,9,11-16,23,28H,6,8,10H2,1-3H3,(H,27,29). The van der Waals surface area contributed by atoms with Gasteiger partial charge in [-0.1, -0.05) is 42.5 Å². The summed E-state index contributed by atoms with van der Waals surface area (Å²) >= 11 is 0. The van der Waals surface area contributed by atoms with Gasteiger partial charge in [-0.15, -0.1) is 0 Å². The lowest BCUT2D eigenvalue weighted by molar-refractivity contribution is 0.0932. The van der Waals surface area contributed by atoms with Crippen LogP contribution in [0.25, 0.3) is 0 Å². The highest BCUT2D eigenvalue weighted by atomic mass is 32.2. The lowest BCUT2D eigenvalue weighted by atomic mass is 9.87. The summed E-state index contributed by atoms with van der Waals surface area (Å²) in [6, 6.07) is 18.5. The Balaban J connectivity index is 1.60. The summed E-state index contributed by atoms with van der Waals surface area (Å²) in [5, 5.41) is 3.10. The van der Waals surface area contributed by atoms with Crippen LogP contribution in [-0.4, -0.2) is 14.3 Å². The molecule has 0 saturated carbocycles. The molecule has 0 radical (unpaired) electrons. The number of fused-ring (bicyclic) bond motifs is 1. The third-order valence-corrected chi connectivity index (χ3v) is 7.56. The molecule has 1 aliphatic rings. The fourth-order valence-electron chi connectivity index (χ4n) is 4.22. The number of anilines is 1. The summed E-state index contributed by atoms with van der Waals surface area (Å²) in [6.07, 6.45) is 2.89. The number of hydrogen-bond donors (Lipinski definition) is 2. The zero-order valence-corrected chi connectivity index (χ0v) is 19.4. The molecule has 0 spiro atoms. The Bertz CT molecular complexity index is 1280. The third-order valence-electron chi connectivity index (χ3n) is 6.05. The van der Waals surface area contributed by atoms with Crippen LogP contribution in [0.1, 0.15) is 57.1 Å². The number of rotatable bonds is 5. The van der Waals surface area contributed by atoms with Crippen molar-refractivity contribution in [1.29, 1.82) is 0 Å². The van der Waals surface area contributed by atoms with Gasteiger partial charge in [0.25, 0.3) is 15.9 Å². The maximum absolute atomic E-state index is 13.2. The minimum absolute atomic E-state index is 0.0677. The fraction of sp³-hybridized carbons (Fsp3) is 0.269. The summed E-state index contributed by atoms with van der Waals surface area (Å²) in [5.41, 5.74) is 5.66. The van der Waals surface area contributed by atoms with E-state index in [-0.39, 0.29) is 16.8 Å². The van der Waals surface area contributed by atoms with E-state index in [9.17, 15) is 13.2 Å². The van der Waals surface area contributed by atoms with Gasteiger partial charge in [0.2, 0.25) is 0 Å². The Morgan fingerprint density at radius 2 is 1.69 bits per heavy atom. The first kappa shape index (κ1) is 22.1. The molecule has 1 aliphatic carbocycles. The number of benzene rings is 3. The van der Waals surface area contributed by atoms with E-state index in [2.05, 4.69) is 22.2 Å². The van der Waals surface area contributed by atoms with E-state index < -0.39 is 10.0 Å². The molecule has 32 heavy (non-hydrogen) atoms. The van der Waals surface area contributed by atoms with E-state index in [1.165, 1.54) is 11.6 Å². The van der Waals surface area contributed by atoms with Crippen molar-refractivity contribution in [2.45, 2.75) is 51.0 Å². The van der Waals surface area contributed by atoms with E-state index in [4.69, 9.17) is 0 Å². The van der Waals surface area contributed by atoms with E-state index in [0.717, 1.165) is 36.0 Å². The van der Waals surface area contributed by atoms with Gasteiger partial charge in [0.05, 0.1) is 16.6 Å². The van der Waals surface area contributed by atoms with Crippen molar-refractivity contribution in [3.8, 4) is 0 Å². The van der Waals surface area contributed by atoms with Crippen LogP contribution in [0.5, 0.6) is 0 Å². The van der Waals surface area contributed by atoms with Crippen LogP contribution < -0.4 is 10.0 Å². The van der Waals surface area contributed by atoms with Gasteiger partial charge in [-0.25, -0.2) is 8.42 Å². The Labute approximate surface area is 189 Å². The molecule has 1 atom stereocenters. The Hall–Kier alpha value is -3.12. The van der Waals surface area contributed by atoms with Crippen molar-refractivity contribution >= 4 is 21.6 Å². The summed E-state index contributed by atoms with van der Waals surface area (Å²) in [6.45, 7) is 5.50. The number of sulfonamides is 1. The topological polar surface area (TPSA) is 75.3 Å². The van der Waals surface area contributed by atoms with Gasteiger partial charge in [0, 0.05) is 5.56 Å². The molecule has 1 unspecified atom stereocenters. The third kappa shape index (κ3) is 4.55. The molecule has 4 rings (SSSR count). The summed E-state index contributed by atoms with van der Waals surface area (Å²) < 4.78 is 29.0. The van der Waals surface area contributed by atoms with Gasteiger partial charge in [0.1, 0.15) is 0 Å². The second-order valence-corrected chi connectivity index (χ2v) is 10.2. The molecular formula is C26H28N2O3S. The number of aryl methyl sites for hydroxylation is 4. The molecule has 5 nitrogen and oxygen atoms in total. The van der Waals surface area contributed by atoms with Crippen LogP contribution in [-0.2, 0) is 16.4 Å². The molecule has 1 amide bonds. The molecular weight excluding hydrogens is 420 g/mol. The Morgan fingerprint density at radius 1 is 0.938 bits per heavy atom. The number of carbonyl (C=O) groups excluding carboxylic acids is 1. The maximum atomic E-state index is 13.2. The number of carbonyl (C=O) groups is 1. The van der Waals surface area contributed by atoms with Crippen LogP contribution in [0.2, 0.25) is 0 Å². The first-order valence-corrected chi connectivity index (χ1v) is 12.3. The second kappa shape index (κ2) is 8.79. The smallest absolute Gasteiger partial charge is 0.262 e. The van der Waals surface area contributed by atoms with Gasteiger partial charge >= 0.3 is 0 Å².